The molecule has 0 aliphatic rings. The van der Waals surface area contributed by atoms with Crippen LogP contribution in [0.1, 0.15) is 0 Å². The van der Waals surface area contributed by atoms with Gasteiger partial charge in [-0.3, -0.25) is 0 Å². The molecule has 112 valence electrons. The highest BCUT2D eigenvalue weighted by atomic mass is 19.4. The van der Waals surface area contributed by atoms with E-state index in [1.165, 1.54) is 24.3 Å². The number of rotatable bonds is 2. The van der Waals surface area contributed by atoms with Gasteiger partial charge in [-0.1, -0.05) is 12.1 Å². The molecule has 1 aromatic heterocycles. The molecule has 0 spiro atoms. The van der Waals surface area contributed by atoms with Crippen LogP contribution in [0.2, 0.25) is 0 Å². The fourth-order valence-corrected chi connectivity index (χ4v) is 2.22. The number of benzene rings is 2. The second-order valence-corrected chi connectivity index (χ2v) is 4.64. The van der Waals surface area contributed by atoms with Crippen molar-refractivity contribution in [2.24, 2.45) is 0 Å². The van der Waals surface area contributed by atoms with Crippen LogP contribution in [0.4, 0.5) is 13.2 Å². The van der Waals surface area contributed by atoms with Gasteiger partial charge < -0.3 is 9.94 Å². The first-order chi connectivity index (χ1) is 10.4. The minimum atomic E-state index is -4.73. The molecular weight excluding hydrogens is 295 g/mol. The minimum Gasteiger partial charge on any atom is -0.618 e. The molecule has 0 amide bonds. The second kappa shape index (κ2) is 5.22. The summed E-state index contributed by atoms with van der Waals surface area (Å²) >= 11 is 0. The number of halogens is 3. The predicted molar refractivity (Wildman–Crippen MR) is 75.0 cm³/mol. The average molecular weight is 305 g/mol. The molecule has 0 bridgehead atoms. The maximum absolute atomic E-state index is 12.3. The standard InChI is InChI=1S/C16H10F3NO2/c17-16(18,19)22-13-8-5-12(6-9-13)15-10-7-11-3-1-2-4-14(11)20(15)21/h1-10H. The number of ether oxygens (including phenoxy) is 1. The van der Waals surface area contributed by atoms with Crippen LogP contribution < -0.4 is 9.47 Å². The van der Waals surface area contributed by atoms with Crippen molar-refractivity contribution in [1.29, 1.82) is 0 Å². The third kappa shape index (κ3) is 2.81. The Bertz CT molecular complexity index is 814. The molecule has 3 rings (SSSR count). The monoisotopic (exact) mass is 305 g/mol. The van der Waals surface area contributed by atoms with E-state index in [1.807, 2.05) is 12.1 Å². The Morgan fingerprint density at radius 3 is 2.23 bits per heavy atom. The molecular formula is C16H10F3NO2. The summed E-state index contributed by atoms with van der Waals surface area (Å²) in [6.45, 7) is 0. The molecule has 0 saturated carbocycles. The second-order valence-electron chi connectivity index (χ2n) is 4.64. The summed E-state index contributed by atoms with van der Waals surface area (Å²) in [5, 5.41) is 13.1. The van der Waals surface area contributed by atoms with E-state index in [0.717, 1.165) is 10.1 Å². The zero-order chi connectivity index (χ0) is 15.7. The van der Waals surface area contributed by atoms with E-state index >= 15 is 0 Å². The third-order valence-corrected chi connectivity index (χ3v) is 3.18. The molecule has 0 fully saturated rings. The van der Waals surface area contributed by atoms with Gasteiger partial charge in [0.1, 0.15) is 5.75 Å². The average Bonchev–Trinajstić information content (AvgIpc) is 2.47. The number of nitrogens with zero attached hydrogens (tertiary/aromatic N) is 1. The highest BCUT2D eigenvalue weighted by Crippen LogP contribution is 2.26. The van der Waals surface area contributed by atoms with Crippen LogP contribution in [0.15, 0.2) is 60.7 Å². The molecule has 1 heterocycles. The molecule has 0 aliphatic heterocycles. The van der Waals surface area contributed by atoms with E-state index < -0.39 is 6.36 Å². The summed E-state index contributed by atoms with van der Waals surface area (Å²) in [4.78, 5) is 0. The molecule has 22 heavy (non-hydrogen) atoms. The van der Waals surface area contributed by atoms with Crippen LogP contribution in [0.25, 0.3) is 22.2 Å². The van der Waals surface area contributed by atoms with Crippen LogP contribution in [-0.4, -0.2) is 6.36 Å². The van der Waals surface area contributed by atoms with E-state index in [0.29, 0.717) is 16.8 Å². The maximum Gasteiger partial charge on any atom is 0.573 e. The number of para-hydroxylation sites is 1. The van der Waals surface area contributed by atoms with E-state index in [4.69, 9.17) is 0 Å². The normalized spacial score (nSPS) is 11.6. The number of pyridine rings is 1. The van der Waals surface area contributed by atoms with Gasteiger partial charge >= 0.3 is 6.36 Å². The van der Waals surface area contributed by atoms with Crippen molar-refractivity contribution in [3.63, 3.8) is 0 Å². The SMILES string of the molecule is [O-][n+]1c(-c2ccc(OC(F)(F)F)cc2)ccc2ccccc21. The van der Waals surface area contributed by atoms with Crippen molar-refractivity contribution >= 4 is 10.9 Å². The van der Waals surface area contributed by atoms with Crippen LogP contribution in [0, 0.1) is 5.21 Å². The fraction of sp³-hybridized carbons (Fsp3) is 0.0625. The van der Waals surface area contributed by atoms with Gasteiger partial charge in [-0.15, -0.1) is 13.2 Å². The number of alkyl halides is 3. The number of fused-ring (bicyclic) bond motifs is 1. The smallest absolute Gasteiger partial charge is 0.573 e. The number of hydrogen-bond acceptors (Lipinski definition) is 2. The van der Waals surface area contributed by atoms with Gasteiger partial charge in [0.15, 0.2) is 0 Å². The lowest BCUT2D eigenvalue weighted by Gasteiger charge is -2.10. The molecule has 3 nitrogen and oxygen atoms in total. The van der Waals surface area contributed by atoms with Crippen molar-refractivity contribution in [2.75, 3.05) is 0 Å². The lowest BCUT2D eigenvalue weighted by Crippen LogP contribution is -2.29. The molecule has 3 aromatic rings. The molecule has 0 atom stereocenters. The highest BCUT2D eigenvalue weighted by molar-refractivity contribution is 5.77. The predicted octanol–water partition coefficient (Wildman–Crippen LogP) is 4.04. The third-order valence-electron chi connectivity index (χ3n) is 3.18. The summed E-state index contributed by atoms with van der Waals surface area (Å²) in [6, 6.07) is 15.7. The Morgan fingerprint density at radius 2 is 1.55 bits per heavy atom. The minimum absolute atomic E-state index is 0.325. The Balaban J connectivity index is 1.99. The largest absolute Gasteiger partial charge is 0.618 e. The van der Waals surface area contributed by atoms with Crippen molar-refractivity contribution in [2.45, 2.75) is 6.36 Å². The Morgan fingerprint density at radius 1 is 0.864 bits per heavy atom. The fourth-order valence-electron chi connectivity index (χ4n) is 2.22. The zero-order valence-electron chi connectivity index (χ0n) is 11.2. The first-order valence-electron chi connectivity index (χ1n) is 6.41. The molecule has 2 aromatic carbocycles. The Hall–Kier alpha value is -2.76. The zero-order valence-corrected chi connectivity index (χ0v) is 11.2. The Kier molecular flexibility index (Phi) is 3.36. The van der Waals surface area contributed by atoms with Crippen LogP contribution >= 0.6 is 0 Å². The maximum atomic E-state index is 12.3. The van der Waals surface area contributed by atoms with Crippen LogP contribution in [0.5, 0.6) is 5.75 Å². The molecule has 0 N–H and O–H groups in total. The summed E-state index contributed by atoms with van der Waals surface area (Å²) in [5.41, 5.74) is 1.36. The molecule has 0 radical (unpaired) electrons. The molecule has 0 saturated heterocycles. The number of aromatic nitrogens is 1. The van der Waals surface area contributed by atoms with Crippen LogP contribution in [-0.2, 0) is 0 Å². The Labute approximate surface area is 123 Å². The van der Waals surface area contributed by atoms with E-state index in [-0.39, 0.29) is 5.75 Å². The quantitative estimate of drug-likeness (QED) is 0.529. The number of hydrogen-bond donors (Lipinski definition) is 0. The first-order valence-corrected chi connectivity index (χ1v) is 6.41. The molecule has 0 unspecified atom stereocenters. The first kappa shape index (κ1) is 14.2. The van der Waals surface area contributed by atoms with Gasteiger partial charge in [0.2, 0.25) is 11.2 Å². The van der Waals surface area contributed by atoms with Gasteiger partial charge in [-0.2, -0.15) is 4.73 Å². The molecule has 0 aliphatic carbocycles. The summed E-state index contributed by atoms with van der Waals surface area (Å²) in [5.74, 6) is -0.325. The lowest BCUT2D eigenvalue weighted by molar-refractivity contribution is -0.565. The summed E-state index contributed by atoms with van der Waals surface area (Å²) in [6.07, 6.45) is -4.73. The van der Waals surface area contributed by atoms with E-state index in [1.54, 1.807) is 24.3 Å². The van der Waals surface area contributed by atoms with Crippen molar-refractivity contribution in [1.82, 2.24) is 0 Å². The van der Waals surface area contributed by atoms with Gasteiger partial charge in [0, 0.05) is 23.1 Å². The molecule has 6 heteroatoms. The summed E-state index contributed by atoms with van der Waals surface area (Å²) < 4.78 is 40.9. The van der Waals surface area contributed by atoms with Crippen molar-refractivity contribution in [3.05, 3.63) is 65.9 Å². The van der Waals surface area contributed by atoms with Gasteiger partial charge in [0.25, 0.3) is 0 Å². The van der Waals surface area contributed by atoms with Crippen molar-refractivity contribution < 1.29 is 22.6 Å². The van der Waals surface area contributed by atoms with E-state index in [9.17, 15) is 18.4 Å². The topological polar surface area (TPSA) is 36.2 Å². The van der Waals surface area contributed by atoms with E-state index in [2.05, 4.69) is 4.74 Å². The highest BCUT2D eigenvalue weighted by Gasteiger charge is 2.31. The summed E-state index contributed by atoms with van der Waals surface area (Å²) in [7, 11) is 0. The van der Waals surface area contributed by atoms with Crippen molar-refractivity contribution in [3.8, 4) is 17.0 Å². The lowest BCUT2D eigenvalue weighted by atomic mass is 10.1. The van der Waals surface area contributed by atoms with Gasteiger partial charge in [-0.05, 0) is 36.4 Å². The van der Waals surface area contributed by atoms with Gasteiger partial charge in [-0.25, -0.2) is 0 Å². The van der Waals surface area contributed by atoms with Crippen LogP contribution in [0.3, 0.4) is 0 Å². The van der Waals surface area contributed by atoms with Gasteiger partial charge in [0.05, 0.1) is 0 Å².